The lowest BCUT2D eigenvalue weighted by Gasteiger charge is -2.36. The zero-order valence-corrected chi connectivity index (χ0v) is 15.3. The van der Waals surface area contributed by atoms with Gasteiger partial charge >= 0.3 is 0 Å². The number of carbonyl (C=O) groups is 1. The topological polar surface area (TPSA) is 145 Å². The number of hydrazine groups is 2. The maximum atomic E-state index is 13.2. The minimum atomic E-state index is -0.829. The molecule has 8 N–H and O–H groups in total. The molecule has 1 aliphatic carbocycles. The van der Waals surface area contributed by atoms with Gasteiger partial charge in [0.15, 0.2) is 0 Å². The van der Waals surface area contributed by atoms with Crippen LogP contribution in [0.25, 0.3) is 5.65 Å². The summed E-state index contributed by atoms with van der Waals surface area (Å²) in [6, 6.07) is 3.94. The van der Waals surface area contributed by atoms with Crippen molar-refractivity contribution < 1.29 is 4.79 Å². The van der Waals surface area contributed by atoms with E-state index in [1.54, 1.807) is 11.2 Å². The average Bonchev–Trinajstić information content (AvgIpc) is 2.92. The molecule has 1 saturated carbocycles. The first-order valence-electron chi connectivity index (χ1n) is 8.63. The molecule has 140 valence electrons. The van der Waals surface area contributed by atoms with Crippen LogP contribution in [0, 0.1) is 12.8 Å². The van der Waals surface area contributed by atoms with Crippen LogP contribution in [-0.2, 0) is 10.3 Å². The molecule has 3 atom stereocenters. The standard InChI is InChI=1S/C17H26N8O/c1-10-4-5-11(24-7-6-22-13(10)24)15(2,3)25(21)14(26)12-16(18)8-23(20)9-17(12,16)19/h4-7,12H,8-9,18-21H2,1-3H3/t12?,16-,17+. The zero-order chi connectivity index (χ0) is 19.1. The van der Waals surface area contributed by atoms with Gasteiger partial charge < -0.3 is 15.9 Å². The van der Waals surface area contributed by atoms with Crippen molar-refractivity contribution in [3.8, 4) is 0 Å². The van der Waals surface area contributed by atoms with E-state index in [9.17, 15) is 4.79 Å². The van der Waals surface area contributed by atoms with Crippen LogP contribution in [0.1, 0.15) is 25.1 Å². The van der Waals surface area contributed by atoms with Gasteiger partial charge in [-0.1, -0.05) is 6.07 Å². The van der Waals surface area contributed by atoms with Gasteiger partial charge in [0.05, 0.1) is 28.2 Å². The number of imidazole rings is 1. The minimum absolute atomic E-state index is 0.262. The van der Waals surface area contributed by atoms with E-state index >= 15 is 0 Å². The first kappa shape index (κ1) is 17.4. The van der Waals surface area contributed by atoms with Gasteiger partial charge in [0.2, 0.25) is 5.91 Å². The molecule has 9 heteroatoms. The van der Waals surface area contributed by atoms with Crippen molar-refractivity contribution in [2.75, 3.05) is 13.1 Å². The predicted octanol–water partition coefficient (Wildman–Crippen LogP) is -1.21. The normalized spacial score (nSPS) is 31.3. The molecule has 3 heterocycles. The Hall–Kier alpha value is -2.04. The molecule has 2 aliphatic rings. The van der Waals surface area contributed by atoms with Crippen molar-refractivity contribution in [3.63, 3.8) is 0 Å². The van der Waals surface area contributed by atoms with E-state index < -0.39 is 22.5 Å². The highest BCUT2D eigenvalue weighted by Crippen LogP contribution is 2.56. The molecule has 9 nitrogen and oxygen atoms in total. The summed E-state index contributed by atoms with van der Waals surface area (Å²) in [5.74, 6) is 11.3. The fourth-order valence-corrected chi connectivity index (χ4v) is 4.48. The Labute approximate surface area is 151 Å². The lowest BCUT2D eigenvalue weighted by Crippen LogP contribution is -2.54. The number of carbonyl (C=O) groups excluding carboxylic acids is 1. The lowest BCUT2D eigenvalue weighted by molar-refractivity contribution is -0.140. The number of hydrogen-bond donors (Lipinski definition) is 4. The van der Waals surface area contributed by atoms with Crippen LogP contribution in [0.15, 0.2) is 24.5 Å². The fraction of sp³-hybridized carbons (Fsp3) is 0.529. The fourth-order valence-electron chi connectivity index (χ4n) is 4.48. The van der Waals surface area contributed by atoms with Crippen LogP contribution >= 0.6 is 0 Å². The monoisotopic (exact) mass is 358 g/mol. The molecule has 1 aliphatic heterocycles. The van der Waals surface area contributed by atoms with Crippen molar-refractivity contribution in [2.45, 2.75) is 37.4 Å². The SMILES string of the molecule is Cc1ccc(C(C)(C)N(N)C(=O)C2[C@]3(N)CN(N)C[C@]23N)n2ccnc12. The van der Waals surface area contributed by atoms with Gasteiger partial charge in [-0.2, -0.15) is 0 Å². The molecule has 2 fully saturated rings. The second-order valence-electron chi connectivity index (χ2n) is 8.21. The first-order chi connectivity index (χ1) is 12.0. The molecule has 0 radical (unpaired) electrons. The average molecular weight is 358 g/mol. The van der Waals surface area contributed by atoms with Crippen LogP contribution in [0.5, 0.6) is 0 Å². The molecule has 26 heavy (non-hydrogen) atoms. The zero-order valence-electron chi connectivity index (χ0n) is 15.3. The van der Waals surface area contributed by atoms with Crippen LogP contribution in [-0.4, -0.2) is 49.5 Å². The summed E-state index contributed by atoms with van der Waals surface area (Å²) in [7, 11) is 0. The van der Waals surface area contributed by atoms with E-state index in [0.29, 0.717) is 13.1 Å². The van der Waals surface area contributed by atoms with E-state index in [4.69, 9.17) is 23.2 Å². The number of hydrogen-bond acceptors (Lipinski definition) is 7. The molecular weight excluding hydrogens is 332 g/mol. The van der Waals surface area contributed by atoms with Crippen LogP contribution in [0.4, 0.5) is 0 Å². The number of nitrogens with zero attached hydrogens (tertiary/aromatic N) is 4. The van der Waals surface area contributed by atoms with Crippen molar-refractivity contribution in [3.05, 3.63) is 35.8 Å². The molecule has 2 aromatic heterocycles. The first-order valence-corrected chi connectivity index (χ1v) is 8.63. The van der Waals surface area contributed by atoms with E-state index in [2.05, 4.69) is 4.98 Å². The second kappa shape index (κ2) is 5.02. The summed E-state index contributed by atoms with van der Waals surface area (Å²) < 4.78 is 1.95. The summed E-state index contributed by atoms with van der Waals surface area (Å²) in [6.45, 7) is 6.54. The predicted molar refractivity (Wildman–Crippen MR) is 97.1 cm³/mol. The summed E-state index contributed by atoms with van der Waals surface area (Å²) >= 11 is 0. The minimum Gasteiger partial charge on any atom is -0.322 e. The van der Waals surface area contributed by atoms with E-state index in [0.717, 1.165) is 16.9 Å². The molecule has 1 unspecified atom stereocenters. The smallest absolute Gasteiger partial charge is 0.244 e. The summed E-state index contributed by atoms with van der Waals surface area (Å²) in [5, 5.41) is 2.81. The Bertz CT molecular complexity index is 889. The number of piperidine rings is 1. The number of fused-ring (bicyclic) bond motifs is 2. The Balaban J connectivity index is 1.67. The van der Waals surface area contributed by atoms with Crippen LogP contribution < -0.4 is 23.2 Å². The van der Waals surface area contributed by atoms with Crippen LogP contribution in [0.3, 0.4) is 0 Å². The van der Waals surface area contributed by atoms with Crippen molar-refractivity contribution in [2.24, 2.45) is 29.1 Å². The van der Waals surface area contributed by atoms with Gasteiger partial charge in [-0.3, -0.25) is 15.6 Å². The van der Waals surface area contributed by atoms with Crippen molar-refractivity contribution in [1.29, 1.82) is 0 Å². The number of pyridine rings is 1. The number of aryl methyl sites for hydroxylation is 1. The highest BCUT2D eigenvalue weighted by Gasteiger charge is 2.80. The van der Waals surface area contributed by atoms with Gasteiger partial charge in [0, 0.05) is 25.5 Å². The lowest BCUT2D eigenvalue weighted by atomic mass is 9.96. The van der Waals surface area contributed by atoms with E-state index in [1.807, 2.05) is 43.5 Å². The number of amides is 1. The highest BCUT2D eigenvalue weighted by molar-refractivity contribution is 5.88. The van der Waals surface area contributed by atoms with Gasteiger partial charge in [-0.15, -0.1) is 0 Å². The maximum Gasteiger partial charge on any atom is 0.244 e. The molecular formula is C17H26N8O. The molecule has 4 rings (SSSR count). The van der Waals surface area contributed by atoms with Crippen LogP contribution in [0.2, 0.25) is 0 Å². The quantitative estimate of drug-likeness (QED) is 0.306. The molecule has 0 spiro atoms. The van der Waals surface area contributed by atoms with E-state index in [-0.39, 0.29) is 5.91 Å². The summed E-state index contributed by atoms with van der Waals surface area (Å²) in [4.78, 5) is 17.5. The third kappa shape index (κ3) is 1.97. The largest absolute Gasteiger partial charge is 0.322 e. The van der Waals surface area contributed by atoms with Gasteiger partial charge in [0.1, 0.15) is 5.65 Å². The number of rotatable bonds is 3. The number of aromatic nitrogens is 2. The van der Waals surface area contributed by atoms with E-state index in [1.165, 1.54) is 5.01 Å². The number of nitrogens with two attached hydrogens (primary N) is 4. The molecule has 1 saturated heterocycles. The molecule has 1 amide bonds. The maximum absolute atomic E-state index is 13.2. The Kier molecular flexibility index (Phi) is 3.36. The highest BCUT2D eigenvalue weighted by atomic mass is 16.2. The molecule has 2 aromatic rings. The third-order valence-electron chi connectivity index (χ3n) is 6.20. The molecule has 0 aromatic carbocycles. The Morgan fingerprint density at radius 2 is 1.92 bits per heavy atom. The Morgan fingerprint density at radius 3 is 2.54 bits per heavy atom. The molecule has 0 bridgehead atoms. The third-order valence-corrected chi connectivity index (χ3v) is 6.20. The Morgan fingerprint density at radius 1 is 1.31 bits per heavy atom. The van der Waals surface area contributed by atoms with Crippen molar-refractivity contribution in [1.82, 2.24) is 19.4 Å². The van der Waals surface area contributed by atoms with Gasteiger partial charge in [-0.25, -0.2) is 15.8 Å². The summed E-state index contributed by atoms with van der Waals surface area (Å²) in [5.41, 5.74) is 13.0. The second-order valence-corrected chi connectivity index (χ2v) is 8.21. The summed E-state index contributed by atoms with van der Waals surface area (Å²) in [6.07, 6.45) is 3.60. The van der Waals surface area contributed by atoms with Gasteiger partial charge in [-0.05, 0) is 32.4 Å². The van der Waals surface area contributed by atoms with Gasteiger partial charge in [0.25, 0.3) is 0 Å². The van der Waals surface area contributed by atoms with Crippen molar-refractivity contribution >= 4 is 11.6 Å².